The van der Waals surface area contributed by atoms with Crippen molar-refractivity contribution in [2.24, 2.45) is 0 Å². The first-order chi connectivity index (χ1) is 13.1. The van der Waals surface area contributed by atoms with Gasteiger partial charge in [-0.1, -0.05) is 17.7 Å². The number of β-amino-alcohol motifs (C(OH)–C–C–N with tert-alkyl or cyclic N) is 1. The van der Waals surface area contributed by atoms with Crippen LogP contribution >= 0.6 is 11.6 Å². The third-order valence-corrected chi connectivity index (χ3v) is 5.05. The molecule has 7 heteroatoms. The molecule has 3 rings (SSSR count). The van der Waals surface area contributed by atoms with E-state index in [1.807, 2.05) is 31.2 Å². The van der Waals surface area contributed by atoms with Gasteiger partial charge < -0.3 is 19.8 Å². The van der Waals surface area contributed by atoms with Crippen LogP contribution in [-0.4, -0.2) is 66.0 Å². The number of nitrogens with zero attached hydrogens (tertiary/aromatic N) is 3. The summed E-state index contributed by atoms with van der Waals surface area (Å²) < 4.78 is 5.39. The lowest BCUT2D eigenvalue weighted by molar-refractivity contribution is 0.109. The zero-order valence-corrected chi connectivity index (χ0v) is 16.3. The molecule has 2 aromatic rings. The molecule has 1 aliphatic heterocycles. The van der Waals surface area contributed by atoms with E-state index in [1.165, 1.54) is 0 Å². The molecule has 6 nitrogen and oxygen atoms in total. The molecule has 0 amide bonds. The maximum atomic E-state index is 10.4. The lowest BCUT2D eigenvalue weighted by atomic mass is 10.1. The lowest BCUT2D eigenvalue weighted by Gasteiger charge is -2.37. The number of aryl methyl sites for hydroxylation is 1. The summed E-state index contributed by atoms with van der Waals surface area (Å²) in [6.45, 7) is 6.17. The molecule has 1 aromatic heterocycles. The molecule has 0 radical (unpaired) electrons. The first-order valence-electron chi connectivity index (χ1n) is 9.18. The average molecular weight is 392 g/mol. The Balaban J connectivity index is 1.53. The largest absolute Gasteiger partial charge is 0.491 e. The quantitative estimate of drug-likeness (QED) is 0.754. The van der Waals surface area contributed by atoms with Crippen molar-refractivity contribution >= 4 is 17.3 Å². The Bertz CT molecular complexity index is 734. The van der Waals surface area contributed by atoms with Crippen LogP contribution in [0.25, 0.3) is 0 Å². The van der Waals surface area contributed by atoms with Crippen LogP contribution in [0.15, 0.2) is 36.5 Å². The van der Waals surface area contributed by atoms with E-state index in [0.29, 0.717) is 17.3 Å². The number of pyridine rings is 1. The fraction of sp³-hybridized carbons (Fsp3) is 0.450. The van der Waals surface area contributed by atoms with Gasteiger partial charge in [0.1, 0.15) is 12.4 Å². The number of aromatic nitrogens is 1. The van der Waals surface area contributed by atoms with Crippen LogP contribution in [-0.2, 0) is 0 Å². The second-order valence-electron chi connectivity index (χ2n) is 6.72. The first kappa shape index (κ1) is 19.9. The molecule has 0 spiro atoms. The highest BCUT2D eigenvalue weighted by Gasteiger charge is 2.21. The zero-order valence-electron chi connectivity index (χ0n) is 15.5. The zero-order chi connectivity index (χ0) is 19.2. The second-order valence-corrected chi connectivity index (χ2v) is 7.13. The minimum Gasteiger partial charge on any atom is -0.491 e. The standard InChI is InChI=1S/C20H26ClN3O3/c1-15-2-3-16(13-22-15)20(26)14-23-6-8-24(9-7-23)19-5-4-17(12-18(19)21)27-11-10-25/h2-5,12-13,20,25-26H,6-11,14H2,1H3. The van der Waals surface area contributed by atoms with Crippen LogP contribution in [0.5, 0.6) is 5.75 Å². The predicted molar refractivity (Wildman–Crippen MR) is 107 cm³/mol. The number of benzene rings is 1. The van der Waals surface area contributed by atoms with E-state index in [4.69, 9.17) is 21.4 Å². The molecule has 0 aliphatic carbocycles. The number of aliphatic hydroxyl groups is 2. The van der Waals surface area contributed by atoms with E-state index in [2.05, 4.69) is 14.8 Å². The number of rotatable bonds is 7. The van der Waals surface area contributed by atoms with Gasteiger partial charge in [0, 0.05) is 56.2 Å². The van der Waals surface area contributed by atoms with Gasteiger partial charge in [0.2, 0.25) is 0 Å². The normalized spacial score (nSPS) is 16.4. The van der Waals surface area contributed by atoms with E-state index >= 15 is 0 Å². The minimum atomic E-state index is -0.531. The Morgan fingerprint density at radius 1 is 1.19 bits per heavy atom. The van der Waals surface area contributed by atoms with Gasteiger partial charge in [-0.2, -0.15) is 0 Å². The second kappa shape index (κ2) is 9.37. The molecule has 1 unspecified atom stereocenters. The molecule has 2 heterocycles. The Kier molecular flexibility index (Phi) is 6.90. The van der Waals surface area contributed by atoms with Crippen LogP contribution in [0.1, 0.15) is 17.4 Å². The lowest BCUT2D eigenvalue weighted by Crippen LogP contribution is -2.47. The molecule has 0 bridgehead atoms. The topological polar surface area (TPSA) is 69.1 Å². The van der Waals surface area contributed by atoms with Gasteiger partial charge in [-0.15, -0.1) is 0 Å². The van der Waals surface area contributed by atoms with Crippen molar-refractivity contribution in [2.75, 3.05) is 50.8 Å². The summed E-state index contributed by atoms with van der Waals surface area (Å²) in [6.07, 6.45) is 1.22. The molecule has 146 valence electrons. The van der Waals surface area contributed by atoms with Crippen molar-refractivity contribution in [3.05, 3.63) is 52.8 Å². The predicted octanol–water partition coefficient (Wildman–Crippen LogP) is 2.27. The van der Waals surface area contributed by atoms with Crippen LogP contribution in [0.4, 0.5) is 5.69 Å². The minimum absolute atomic E-state index is 0.0220. The molecular weight excluding hydrogens is 366 g/mol. The molecule has 1 fully saturated rings. The summed E-state index contributed by atoms with van der Waals surface area (Å²) in [5.41, 5.74) is 2.78. The maximum absolute atomic E-state index is 10.4. The highest BCUT2D eigenvalue weighted by atomic mass is 35.5. The van der Waals surface area contributed by atoms with Crippen molar-refractivity contribution in [1.29, 1.82) is 0 Å². The average Bonchev–Trinajstić information content (AvgIpc) is 2.68. The molecule has 1 aromatic carbocycles. The van der Waals surface area contributed by atoms with E-state index in [1.54, 1.807) is 12.3 Å². The van der Waals surface area contributed by atoms with Crippen molar-refractivity contribution in [2.45, 2.75) is 13.0 Å². The van der Waals surface area contributed by atoms with E-state index in [0.717, 1.165) is 43.1 Å². The Morgan fingerprint density at radius 2 is 1.96 bits per heavy atom. The number of anilines is 1. The summed E-state index contributed by atoms with van der Waals surface area (Å²) in [7, 11) is 0. The van der Waals surface area contributed by atoms with Crippen LogP contribution < -0.4 is 9.64 Å². The summed E-state index contributed by atoms with van der Waals surface area (Å²) in [4.78, 5) is 8.76. The van der Waals surface area contributed by atoms with Gasteiger partial charge >= 0.3 is 0 Å². The van der Waals surface area contributed by atoms with Gasteiger partial charge in [0.05, 0.1) is 23.4 Å². The molecule has 27 heavy (non-hydrogen) atoms. The molecule has 0 saturated carbocycles. The van der Waals surface area contributed by atoms with Crippen molar-refractivity contribution in [3.8, 4) is 5.75 Å². The molecule has 1 atom stereocenters. The van der Waals surface area contributed by atoms with Crippen LogP contribution in [0.2, 0.25) is 5.02 Å². The molecule has 1 saturated heterocycles. The Morgan fingerprint density at radius 3 is 2.59 bits per heavy atom. The number of ether oxygens (including phenoxy) is 1. The highest BCUT2D eigenvalue weighted by Crippen LogP contribution is 2.30. The first-order valence-corrected chi connectivity index (χ1v) is 9.56. The van der Waals surface area contributed by atoms with Gasteiger partial charge in [0.15, 0.2) is 0 Å². The molecule has 2 N–H and O–H groups in total. The smallest absolute Gasteiger partial charge is 0.121 e. The number of halogens is 1. The monoisotopic (exact) mass is 391 g/mol. The SMILES string of the molecule is Cc1ccc(C(O)CN2CCN(c3ccc(OCCO)cc3Cl)CC2)cn1. The van der Waals surface area contributed by atoms with E-state index in [-0.39, 0.29) is 13.2 Å². The Labute approximate surface area is 165 Å². The summed E-state index contributed by atoms with van der Waals surface area (Å²) in [5.74, 6) is 0.659. The van der Waals surface area contributed by atoms with Gasteiger partial charge in [0.25, 0.3) is 0 Å². The van der Waals surface area contributed by atoms with Crippen LogP contribution in [0, 0.1) is 6.92 Å². The fourth-order valence-electron chi connectivity index (χ4n) is 3.20. The number of piperazine rings is 1. The maximum Gasteiger partial charge on any atom is 0.121 e. The number of hydrogen-bond donors (Lipinski definition) is 2. The van der Waals surface area contributed by atoms with Crippen molar-refractivity contribution in [3.63, 3.8) is 0 Å². The number of aliphatic hydroxyl groups excluding tert-OH is 2. The Hall–Kier alpha value is -1.86. The third-order valence-electron chi connectivity index (χ3n) is 4.74. The number of hydrogen-bond acceptors (Lipinski definition) is 6. The summed E-state index contributed by atoms with van der Waals surface area (Å²) >= 11 is 6.41. The van der Waals surface area contributed by atoms with Gasteiger partial charge in [-0.3, -0.25) is 9.88 Å². The molecular formula is C20H26ClN3O3. The summed E-state index contributed by atoms with van der Waals surface area (Å²) in [6, 6.07) is 9.47. The van der Waals surface area contributed by atoms with E-state index < -0.39 is 6.10 Å². The van der Waals surface area contributed by atoms with Gasteiger partial charge in [-0.25, -0.2) is 0 Å². The van der Waals surface area contributed by atoms with Crippen molar-refractivity contribution < 1.29 is 14.9 Å². The van der Waals surface area contributed by atoms with Crippen molar-refractivity contribution in [1.82, 2.24) is 9.88 Å². The fourth-order valence-corrected chi connectivity index (χ4v) is 3.49. The molecule has 1 aliphatic rings. The third kappa shape index (κ3) is 5.32. The van der Waals surface area contributed by atoms with Gasteiger partial charge in [-0.05, 0) is 25.1 Å². The highest BCUT2D eigenvalue weighted by molar-refractivity contribution is 6.33. The van der Waals surface area contributed by atoms with Crippen LogP contribution in [0.3, 0.4) is 0 Å². The summed E-state index contributed by atoms with van der Waals surface area (Å²) in [5, 5.41) is 19.9. The van der Waals surface area contributed by atoms with E-state index in [9.17, 15) is 5.11 Å².